The Bertz CT molecular complexity index is 857. The number of rotatable bonds is 5. The van der Waals surface area contributed by atoms with Gasteiger partial charge >= 0.3 is 0 Å². The monoisotopic (exact) mass is 381 g/mol. The number of nitrogens with zero attached hydrogens (tertiary/aromatic N) is 3. The highest BCUT2D eigenvalue weighted by molar-refractivity contribution is 6.30. The summed E-state index contributed by atoms with van der Waals surface area (Å²) in [5, 5.41) is 9.41. The van der Waals surface area contributed by atoms with Gasteiger partial charge in [0.1, 0.15) is 6.04 Å². The Morgan fingerprint density at radius 1 is 0.963 bits per heavy atom. The Morgan fingerprint density at radius 2 is 1.67 bits per heavy atom. The highest BCUT2D eigenvalue weighted by atomic mass is 35.5. The van der Waals surface area contributed by atoms with Crippen LogP contribution < -0.4 is 0 Å². The molecule has 1 atom stereocenters. The minimum atomic E-state index is -0.0390. The summed E-state index contributed by atoms with van der Waals surface area (Å²) in [6.45, 7) is 0. The van der Waals surface area contributed by atoms with E-state index in [2.05, 4.69) is 46.4 Å². The van der Waals surface area contributed by atoms with E-state index in [1.54, 1.807) is 0 Å². The van der Waals surface area contributed by atoms with Crippen LogP contribution in [0.5, 0.6) is 0 Å². The first kappa shape index (κ1) is 18.2. The molecule has 1 aliphatic rings. The third-order valence-electron chi connectivity index (χ3n) is 5.44. The topological polar surface area (TPSA) is 42.2 Å². The molecule has 0 aliphatic heterocycles. The van der Waals surface area contributed by atoms with Gasteiger partial charge in [-0.15, -0.1) is 10.2 Å². The molecule has 2 aromatic carbocycles. The number of hydrogen-bond donors (Lipinski definition) is 0. The summed E-state index contributed by atoms with van der Waals surface area (Å²) < 4.78 is 6.13. The minimum Gasteiger partial charge on any atom is -0.419 e. The van der Waals surface area contributed by atoms with Crippen molar-refractivity contribution in [1.29, 1.82) is 0 Å². The van der Waals surface area contributed by atoms with Crippen LogP contribution in [-0.4, -0.2) is 28.2 Å². The van der Waals surface area contributed by atoms with Crippen LogP contribution in [0.15, 0.2) is 59.0 Å². The summed E-state index contributed by atoms with van der Waals surface area (Å²) in [6, 6.07) is 18.4. The Balaban J connectivity index is 1.67. The third-order valence-corrected chi connectivity index (χ3v) is 5.69. The van der Waals surface area contributed by atoms with Gasteiger partial charge < -0.3 is 4.42 Å². The highest BCUT2D eigenvalue weighted by Gasteiger charge is 2.30. The van der Waals surface area contributed by atoms with Gasteiger partial charge in [0, 0.05) is 16.6 Å². The molecule has 4 nitrogen and oxygen atoms in total. The predicted molar refractivity (Wildman–Crippen MR) is 108 cm³/mol. The molecule has 0 N–H and O–H groups in total. The Hall–Kier alpha value is -2.17. The molecule has 27 heavy (non-hydrogen) atoms. The van der Waals surface area contributed by atoms with Crippen molar-refractivity contribution < 1.29 is 4.42 Å². The van der Waals surface area contributed by atoms with Crippen molar-refractivity contribution in [3.05, 3.63) is 71.1 Å². The van der Waals surface area contributed by atoms with Crippen LogP contribution in [-0.2, 0) is 0 Å². The molecule has 0 unspecified atom stereocenters. The second-order valence-corrected chi connectivity index (χ2v) is 7.66. The Morgan fingerprint density at radius 3 is 2.37 bits per heavy atom. The van der Waals surface area contributed by atoms with E-state index in [0.717, 1.165) is 5.56 Å². The molecule has 4 rings (SSSR count). The summed E-state index contributed by atoms with van der Waals surface area (Å²) in [4.78, 5) is 2.41. The van der Waals surface area contributed by atoms with Crippen molar-refractivity contribution >= 4 is 11.6 Å². The maximum Gasteiger partial charge on any atom is 0.247 e. The summed E-state index contributed by atoms with van der Waals surface area (Å²) in [5.74, 6) is 1.17. The Labute approximate surface area is 165 Å². The minimum absolute atomic E-state index is 0.0390. The van der Waals surface area contributed by atoms with Gasteiger partial charge in [-0.3, -0.25) is 4.90 Å². The molecule has 0 bridgehead atoms. The molecule has 0 spiro atoms. The van der Waals surface area contributed by atoms with Crippen molar-refractivity contribution in [3.8, 4) is 11.5 Å². The van der Waals surface area contributed by atoms with Crippen molar-refractivity contribution in [2.75, 3.05) is 7.05 Å². The van der Waals surface area contributed by atoms with Gasteiger partial charge in [0.25, 0.3) is 0 Å². The van der Waals surface area contributed by atoms with E-state index < -0.39 is 0 Å². The molecule has 140 valence electrons. The van der Waals surface area contributed by atoms with Crippen LogP contribution in [0.3, 0.4) is 0 Å². The first-order valence-corrected chi connectivity index (χ1v) is 9.96. The third kappa shape index (κ3) is 4.07. The normalized spacial score (nSPS) is 16.6. The van der Waals surface area contributed by atoms with Crippen molar-refractivity contribution in [2.45, 2.75) is 44.2 Å². The quantitative estimate of drug-likeness (QED) is 0.564. The van der Waals surface area contributed by atoms with Gasteiger partial charge in [-0.2, -0.15) is 0 Å². The molecular weight excluding hydrogens is 358 g/mol. The van der Waals surface area contributed by atoms with E-state index in [1.807, 2.05) is 30.3 Å². The van der Waals surface area contributed by atoms with E-state index in [9.17, 15) is 0 Å². The summed E-state index contributed by atoms with van der Waals surface area (Å²) in [5.41, 5.74) is 2.06. The zero-order valence-corrected chi connectivity index (χ0v) is 16.3. The maximum atomic E-state index is 6.13. The van der Waals surface area contributed by atoms with E-state index >= 15 is 0 Å². The summed E-state index contributed by atoms with van der Waals surface area (Å²) >= 11 is 5.99. The lowest BCUT2D eigenvalue weighted by Crippen LogP contribution is -2.37. The van der Waals surface area contributed by atoms with Crippen LogP contribution in [0.1, 0.15) is 49.6 Å². The molecule has 0 amide bonds. The average molecular weight is 382 g/mol. The number of benzene rings is 2. The number of hydrogen-bond acceptors (Lipinski definition) is 4. The van der Waals surface area contributed by atoms with E-state index in [4.69, 9.17) is 16.0 Å². The molecule has 0 radical (unpaired) electrons. The molecule has 3 aromatic rings. The van der Waals surface area contributed by atoms with Crippen LogP contribution in [0.25, 0.3) is 11.5 Å². The Kier molecular flexibility index (Phi) is 5.55. The summed E-state index contributed by atoms with van der Waals surface area (Å²) in [6.07, 6.45) is 6.35. The lowest BCUT2D eigenvalue weighted by molar-refractivity contribution is 0.141. The van der Waals surface area contributed by atoms with Crippen LogP contribution >= 0.6 is 11.6 Å². The first-order valence-electron chi connectivity index (χ1n) is 9.58. The zero-order chi connectivity index (χ0) is 18.6. The molecule has 1 fully saturated rings. The van der Waals surface area contributed by atoms with E-state index in [1.165, 1.54) is 37.7 Å². The second-order valence-electron chi connectivity index (χ2n) is 7.22. The van der Waals surface area contributed by atoms with E-state index in [-0.39, 0.29) is 6.04 Å². The lowest BCUT2D eigenvalue weighted by Gasteiger charge is -2.35. The summed E-state index contributed by atoms with van der Waals surface area (Å²) in [7, 11) is 2.18. The lowest BCUT2D eigenvalue weighted by atomic mass is 9.92. The molecule has 1 aromatic heterocycles. The van der Waals surface area contributed by atoms with Gasteiger partial charge in [0.15, 0.2) is 0 Å². The van der Waals surface area contributed by atoms with Crippen molar-refractivity contribution in [3.63, 3.8) is 0 Å². The fourth-order valence-corrected chi connectivity index (χ4v) is 4.07. The first-order chi connectivity index (χ1) is 13.2. The average Bonchev–Trinajstić information content (AvgIpc) is 3.20. The van der Waals surface area contributed by atoms with Gasteiger partial charge in [0.2, 0.25) is 11.8 Å². The molecule has 0 saturated heterocycles. The highest BCUT2D eigenvalue weighted by Crippen LogP contribution is 2.34. The predicted octanol–water partition coefficient (Wildman–Crippen LogP) is 5.74. The molecule has 5 heteroatoms. The van der Waals surface area contributed by atoms with E-state index in [0.29, 0.717) is 22.8 Å². The largest absolute Gasteiger partial charge is 0.419 e. The molecular formula is C22H24ClN3O. The zero-order valence-electron chi connectivity index (χ0n) is 15.5. The molecule has 1 heterocycles. The fourth-order valence-electron chi connectivity index (χ4n) is 3.94. The van der Waals surface area contributed by atoms with Gasteiger partial charge in [-0.1, -0.05) is 61.2 Å². The van der Waals surface area contributed by atoms with Gasteiger partial charge in [0.05, 0.1) is 0 Å². The SMILES string of the molecule is CN(C1CCCCC1)[C@@H](c1ccccc1)c1nnc(-c2ccc(Cl)cc2)o1. The smallest absolute Gasteiger partial charge is 0.247 e. The molecule has 1 aliphatic carbocycles. The van der Waals surface area contributed by atoms with Crippen LogP contribution in [0, 0.1) is 0 Å². The number of halogens is 1. The second kappa shape index (κ2) is 8.24. The maximum absolute atomic E-state index is 6.13. The molecule has 1 saturated carbocycles. The van der Waals surface area contributed by atoms with Gasteiger partial charge in [-0.05, 0) is 49.7 Å². The van der Waals surface area contributed by atoms with Crippen LogP contribution in [0.2, 0.25) is 5.02 Å². The van der Waals surface area contributed by atoms with Crippen molar-refractivity contribution in [1.82, 2.24) is 15.1 Å². The fraction of sp³-hybridized carbons (Fsp3) is 0.364. The standard InChI is InChI=1S/C22H24ClN3O/c1-26(19-10-6-3-7-11-19)20(16-8-4-2-5-9-16)22-25-24-21(27-22)17-12-14-18(23)15-13-17/h2,4-5,8-9,12-15,19-20H,3,6-7,10-11H2,1H3/t20-/m0/s1. The number of aromatic nitrogens is 2. The van der Waals surface area contributed by atoms with Crippen molar-refractivity contribution in [2.24, 2.45) is 0 Å². The van der Waals surface area contributed by atoms with Gasteiger partial charge in [-0.25, -0.2) is 0 Å². The van der Waals surface area contributed by atoms with Crippen LogP contribution in [0.4, 0.5) is 0 Å².